The highest BCUT2D eigenvalue weighted by molar-refractivity contribution is 5.79. The Morgan fingerprint density at radius 3 is 1.94 bits per heavy atom. The molecule has 1 atom stereocenters. The van der Waals surface area contributed by atoms with Crippen LogP contribution in [0.1, 0.15) is 110 Å². The molecule has 182 valence electrons. The van der Waals surface area contributed by atoms with E-state index in [4.69, 9.17) is 10.8 Å². The van der Waals surface area contributed by atoms with Gasteiger partial charge in [0.25, 0.3) is 6.43 Å². The number of rotatable bonds is 21. The van der Waals surface area contributed by atoms with Crippen LogP contribution >= 0.6 is 0 Å². The van der Waals surface area contributed by atoms with E-state index < -0.39 is 17.9 Å². The maximum absolute atomic E-state index is 12.8. The molecule has 1 unspecified atom stereocenters. The Labute approximate surface area is 187 Å². The fourth-order valence-corrected chi connectivity index (χ4v) is 3.36. The molecule has 5 nitrogen and oxygen atoms in total. The van der Waals surface area contributed by atoms with E-state index in [-0.39, 0.29) is 25.3 Å². The van der Waals surface area contributed by atoms with Crippen LogP contribution in [0.5, 0.6) is 0 Å². The minimum absolute atomic E-state index is 0.102. The van der Waals surface area contributed by atoms with Crippen LogP contribution in [0.3, 0.4) is 0 Å². The quantitative estimate of drug-likeness (QED) is 0.150. The van der Waals surface area contributed by atoms with E-state index in [0.29, 0.717) is 6.42 Å². The number of unbranched alkanes of at least 4 members (excludes halogenated alkanes) is 11. The normalized spacial score (nSPS) is 13.6. The highest BCUT2D eigenvalue weighted by Crippen LogP contribution is 2.19. The van der Waals surface area contributed by atoms with Crippen molar-refractivity contribution in [3.05, 3.63) is 12.2 Å². The second kappa shape index (κ2) is 19.2. The van der Waals surface area contributed by atoms with E-state index in [0.717, 1.165) is 32.1 Å². The topological polar surface area (TPSA) is 92.4 Å². The molecule has 0 aliphatic carbocycles. The summed E-state index contributed by atoms with van der Waals surface area (Å²) in [6.07, 6.45) is 17.1. The first-order chi connectivity index (χ1) is 14.8. The number of nitrogens with one attached hydrogen (secondary N) is 1. The molecule has 1 amide bonds. The molecule has 0 aliphatic heterocycles. The van der Waals surface area contributed by atoms with Crippen LogP contribution in [-0.2, 0) is 9.59 Å². The van der Waals surface area contributed by atoms with Crippen LogP contribution in [0.25, 0.3) is 0 Å². The predicted octanol–water partition coefficient (Wildman–Crippen LogP) is 5.97. The number of carboxylic acid groups (broad SMARTS) is 1. The maximum Gasteiger partial charge on any atom is 0.329 e. The number of carboxylic acids is 1. The van der Waals surface area contributed by atoms with E-state index in [1.165, 1.54) is 51.4 Å². The summed E-state index contributed by atoms with van der Waals surface area (Å²) in [5.74, 6) is -1.85. The zero-order valence-electron chi connectivity index (χ0n) is 19.3. The Bertz CT molecular complexity index is 501. The van der Waals surface area contributed by atoms with Gasteiger partial charge in [0.1, 0.15) is 0 Å². The lowest BCUT2D eigenvalue weighted by atomic mass is 9.95. The lowest BCUT2D eigenvalue weighted by molar-refractivity contribution is -0.150. The highest BCUT2D eigenvalue weighted by atomic mass is 19.3. The van der Waals surface area contributed by atoms with Gasteiger partial charge < -0.3 is 16.2 Å². The van der Waals surface area contributed by atoms with Crippen molar-refractivity contribution in [3.63, 3.8) is 0 Å². The molecule has 0 heterocycles. The van der Waals surface area contributed by atoms with Crippen LogP contribution < -0.4 is 11.1 Å². The Morgan fingerprint density at radius 1 is 0.903 bits per heavy atom. The molecule has 0 radical (unpaired) electrons. The van der Waals surface area contributed by atoms with Gasteiger partial charge in [0, 0.05) is 13.0 Å². The zero-order chi connectivity index (χ0) is 23.4. The van der Waals surface area contributed by atoms with E-state index in [9.17, 15) is 18.4 Å². The smallest absolute Gasteiger partial charge is 0.329 e. The first kappa shape index (κ1) is 29.5. The number of allylic oxidation sites excluding steroid dienone is 2. The van der Waals surface area contributed by atoms with Gasteiger partial charge in [-0.05, 0) is 44.9 Å². The van der Waals surface area contributed by atoms with E-state index in [1.807, 2.05) is 0 Å². The Morgan fingerprint density at radius 2 is 1.42 bits per heavy atom. The van der Waals surface area contributed by atoms with Crippen LogP contribution in [0.15, 0.2) is 12.2 Å². The molecule has 0 saturated carbocycles. The number of carbonyl (C=O) groups is 2. The van der Waals surface area contributed by atoms with Crippen molar-refractivity contribution in [1.82, 2.24) is 5.32 Å². The van der Waals surface area contributed by atoms with Crippen LogP contribution in [0.4, 0.5) is 8.78 Å². The van der Waals surface area contributed by atoms with Crippen molar-refractivity contribution in [1.29, 1.82) is 0 Å². The van der Waals surface area contributed by atoms with Crippen molar-refractivity contribution in [3.8, 4) is 0 Å². The van der Waals surface area contributed by atoms with Crippen molar-refractivity contribution in [2.75, 3.05) is 6.54 Å². The molecule has 0 rings (SSSR count). The summed E-state index contributed by atoms with van der Waals surface area (Å²) in [6, 6.07) is 0. The minimum atomic E-state index is -3.14. The molecular weight excluding hydrogens is 402 g/mol. The van der Waals surface area contributed by atoms with E-state index in [2.05, 4.69) is 24.4 Å². The number of nitrogens with two attached hydrogens (primary N) is 1. The summed E-state index contributed by atoms with van der Waals surface area (Å²) >= 11 is 0. The molecule has 31 heavy (non-hydrogen) atoms. The Hall–Kier alpha value is -1.50. The highest BCUT2D eigenvalue weighted by Gasteiger charge is 2.43. The van der Waals surface area contributed by atoms with Gasteiger partial charge >= 0.3 is 5.97 Å². The summed E-state index contributed by atoms with van der Waals surface area (Å²) in [6.45, 7) is 2.39. The molecule has 0 spiro atoms. The number of amides is 1. The Kier molecular flexibility index (Phi) is 18.3. The fraction of sp³-hybridized carbons (Fsp3) is 0.833. The molecule has 4 N–H and O–H groups in total. The van der Waals surface area contributed by atoms with E-state index in [1.54, 1.807) is 0 Å². The largest absolute Gasteiger partial charge is 0.480 e. The minimum Gasteiger partial charge on any atom is -0.480 e. The lowest BCUT2D eigenvalue weighted by Gasteiger charge is -2.23. The third kappa shape index (κ3) is 15.9. The van der Waals surface area contributed by atoms with Crippen LogP contribution in [-0.4, -0.2) is 35.5 Å². The van der Waals surface area contributed by atoms with Crippen molar-refractivity contribution < 1.29 is 23.5 Å². The monoisotopic (exact) mass is 446 g/mol. The molecule has 0 aromatic heterocycles. The zero-order valence-corrected chi connectivity index (χ0v) is 19.3. The molecule has 0 aromatic carbocycles. The number of alkyl halides is 2. The third-order valence-corrected chi connectivity index (χ3v) is 5.54. The number of aliphatic carboxylic acids is 1. The van der Waals surface area contributed by atoms with Gasteiger partial charge in [0.15, 0.2) is 5.54 Å². The molecule has 0 saturated heterocycles. The summed E-state index contributed by atoms with van der Waals surface area (Å²) in [5.41, 5.74) is 2.69. The van der Waals surface area contributed by atoms with Crippen LogP contribution in [0, 0.1) is 0 Å². The van der Waals surface area contributed by atoms with Crippen molar-refractivity contribution >= 4 is 11.9 Å². The first-order valence-corrected chi connectivity index (χ1v) is 12.1. The SMILES string of the molecule is CCCCCCCCC=CCCCCCCCC(=O)NCCCC(N)(C(=O)O)C(F)F. The molecule has 0 bridgehead atoms. The summed E-state index contributed by atoms with van der Waals surface area (Å²) < 4.78 is 25.5. The van der Waals surface area contributed by atoms with Gasteiger partial charge in [-0.15, -0.1) is 0 Å². The van der Waals surface area contributed by atoms with Gasteiger partial charge in [0.05, 0.1) is 0 Å². The standard InChI is InChI=1S/C24H44F2N2O3/c1-2-3-4-5-6-7-8-9-10-11-12-13-14-15-16-18-21(29)28-20-17-19-24(27,22(25)26)23(30)31/h9-10,22H,2-8,11-20,27H2,1H3,(H,28,29)(H,30,31). The van der Waals surface area contributed by atoms with E-state index >= 15 is 0 Å². The van der Waals surface area contributed by atoms with Gasteiger partial charge in [-0.1, -0.05) is 70.4 Å². The lowest BCUT2D eigenvalue weighted by Crippen LogP contribution is -2.54. The van der Waals surface area contributed by atoms with Gasteiger partial charge in [-0.25, -0.2) is 13.6 Å². The number of halogens is 2. The van der Waals surface area contributed by atoms with Crippen molar-refractivity contribution in [2.45, 2.75) is 122 Å². The molecular formula is C24H44F2N2O3. The molecule has 7 heteroatoms. The second-order valence-electron chi connectivity index (χ2n) is 8.43. The summed E-state index contributed by atoms with van der Waals surface area (Å²) in [7, 11) is 0. The Balaban J connectivity index is 3.50. The van der Waals surface area contributed by atoms with Gasteiger partial charge in [-0.2, -0.15) is 0 Å². The fourth-order valence-electron chi connectivity index (χ4n) is 3.36. The summed E-state index contributed by atoms with van der Waals surface area (Å²) in [4.78, 5) is 22.6. The third-order valence-electron chi connectivity index (χ3n) is 5.54. The van der Waals surface area contributed by atoms with Gasteiger partial charge in [0.2, 0.25) is 5.91 Å². The first-order valence-electron chi connectivity index (χ1n) is 12.1. The summed E-state index contributed by atoms with van der Waals surface area (Å²) in [5, 5.41) is 11.5. The van der Waals surface area contributed by atoms with Crippen LogP contribution in [0.2, 0.25) is 0 Å². The number of hydrogen-bond acceptors (Lipinski definition) is 3. The van der Waals surface area contributed by atoms with Crippen molar-refractivity contribution in [2.24, 2.45) is 5.73 Å². The predicted molar refractivity (Wildman–Crippen MR) is 122 cm³/mol. The molecule has 0 fully saturated rings. The number of carbonyl (C=O) groups excluding carboxylic acids is 1. The average molecular weight is 447 g/mol. The second-order valence-corrected chi connectivity index (χ2v) is 8.43. The maximum atomic E-state index is 12.8. The average Bonchev–Trinajstić information content (AvgIpc) is 2.73. The number of hydrogen-bond donors (Lipinski definition) is 3. The molecule has 0 aliphatic rings. The molecule has 0 aromatic rings. The van der Waals surface area contributed by atoms with Gasteiger partial charge in [-0.3, -0.25) is 4.79 Å².